The van der Waals surface area contributed by atoms with Gasteiger partial charge in [0.2, 0.25) is 5.91 Å². The maximum Gasteiger partial charge on any atom is 0.219 e. The molecule has 3 nitrogen and oxygen atoms in total. The van der Waals surface area contributed by atoms with Gasteiger partial charge in [-0.15, -0.1) is 0 Å². The Morgan fingerprint density at radius 3 is 2.62 bits per heavy atom. The summed E-state index contributed by atoms with van der Waals surface area (Å²) in [6.45, 7) is 7.87. The van der Waals surface area contributed by atoms with E-state index in [2.05, 4.69) is 19.2 Å². The average Bonchev–Trinajstić information content (AvgIpc) is 2.04. The van der Waals surface area contributed by atoms with Crippen molar-refractivity contribution in [1.29, 1.82) is 0 Å². The van der Waals surface area contributed by atoms with Crippen LogP contribution in [0.25, 0.3) is 0 Å². The van der Waals surface area contributed by atoms with Crippen LogP contribution in [0.2, 0.25) is 0 Å². The summed E-state index contributed by atoms with van der Waals surface area (Å²) in [6, 6.07) is 0.730. The molecule has 0 radical (unpaired) electrons. The van der Waals surface area contributed by atoms with E-state index in [4.69, 9.17) is 0 Å². The predicted molar refractivity (Wildman–Crippen MR) is 53.5 cm³/mol. The molecule has 1 heterocycles. The van der Waals surface area contributed by atoms with E-state index in [0.717, 1.165) is 19.5 Å². The molecule has 0 spiro atoms. The predicted octanol–water partition coefficient (Wildman–Crippen LogP) is 0.995. The van der Waals surface area contributed by atoms with Crippen LogP contribution in [0.4, 0.5) is 0 Å². The molecular weight excluding hydrogens is 164 g/mol. The molecule has 0 bridgehead atoms. The topological polar surface area (TPSA) is 32.3 Å². The van der Waals surface area contributed by atoms with Crippen molar-refractivity contribution in [2.75, 3.05) is 13.1 Å². The zero-order valence-corrected chi connectivity index (χ0v) is 8.84. The lowest BCUT2D eigenvalue weighted by Crippen LogP contribution is -2.50. The second kappa shape index (κ2) is 4.61. The van der Waals surface area contributed by atoms with Crippen molar-refractivity contribution in [3.63, 3.8) is 0 Å². The van der Waals surface area contributed by atoms with Crippen LogP contribution in [0, 0.1) is 0 Å². The van der Waals surface area contributed by atoms with Crippen molar-refractivity contribution in [3.8, 4) is 0 Å². The molecule has 13 heavy (non-hydrogen) atoms. The van der Waals surface area contributed by atoms with E-state index in [9.17, 15) is 4.79 Å². The fraction of sp³-hybridized carbons (Fsp3) is 0.900. The second-order valence-corrected chi connectivity index (χ2v) is 4.02. The Hall–Kier alpha value is -0.570. The van der Waals surface area contributed by atoms with Gasteiger partial charge in [0.25, 0.3) is 0 Å². The van der Waals surface area contributed by atoms with Crippen LogP contribution in [-0.4, -0.2) is 36.0 Å². The first-order chi connectivity index (χ1) is 6.13. The molecule has 1 aliphatic rings. The molecule has 0 aliphatic carbocycles. The van der Waals surface area contributed by atoms with Gasteiger partial charge in [-0.3, -0.25) is 4.79 Å². The Morgan fingerprint density at radius 1 is 1.54 bits per heavy atom. The number of carbonyl (C=O) groups is 1. The lowest BCUT2D eigenvalue weighted by molar-refractivity contribution is -0.133. The molecule has 3 heteroatoms. The summed E-state index contributed by atoms with van der Waals surface area (Å²) < 4.78 is 0. The molecule has 1 unspecified atom stereocenters. The summed E-state index contributed by atoms with van der Waals surface area (Å²) in [6.07, 6.45) is 2.33. The minimum Gasteiger partial charge on any atom is -0.336 e. The third kappa shape index (κ3) is 2.69. The quantitative estimate of drug-likeness (QED) is 0.694. The van der Waals surface area contributed by atoms with E-state index < -0.39 is 0 Å². The lowest BCUT2D eigenvalue weighted by Gasteiger charge is -2.36. The van der Waals surface area contributed by atoms with Crippen LogP contribution >= 0.6 is 0 Å². The van der Waals surface area contributed by atoms with Gasteiger partial charge in [-0.1, -0.05) is 0 Å². The molecule has 1 atom stereocenters. The van der Waals surface area contributed by atoms with Gasteiger partial charge in [0.15, 0.2) is 0 Å². The molecule has 0 aromatic heterocycles. The highest BCUT2D eigenvalue weighted by Gasteiger charge is 2.24. The highest BCUT2D eigenvalue weighted by Crippen LogP contribution is 2.13. The smallest absolute Gasteiger partial charge is 0.219 e. The van der Waals surface area contributed by atoms with Gasteiger partial charge in [0, 0.05) is 25.6 Å². The number of amides is 1. The normalized spacial score (nSPS) is 23.2. The van der Waals surface area contributed by atoms with Crippen LogP contribution in [0.1, 0.15) is 33.6 Å². The van der Waals surface area contributed by atoms with Gasteiger partial charge in [-0.2, -0.15) is 0 Å². The lowest BCUT2D eigenvalue weighted by atomic mass is 10.0. The molecule has 1 rings (SSSR count). The van der Waals surface area contributed by atoms with Crippen molar-refractivity contribution in [2.24, 2.45) is 0 Å². The van der Waals surface area contributed by atoms with Crippen molar-refractivity contribution in [1.82, 2.24) is 10.2 Å². The summed E-state index contributed by atoms with van der Waals surface area (Å²) in [5.41, 5.74) is 0. The molecular formula is C10H20N2O. The fourth-order valence-electron chi connectivity index (χ4n) is 2.11. The number of hydrogen-bond acceptors (Lipinski definition) is 2. The molecule has 0 aromatic rings. The molecule has 1 aliphatic heterocycles. The molecule has 0 saturated carbocycles. The second-order valence-electron chi connectivity index (χ2n) is 4.02. The van der Waals surface area contributed by atoms with E-state index in [-0.39, 0.29) is 5.91 Å². The van der Waals surface area contributed by atoms with Gasteiger partial charge in [0.05, 0.1) is 0 Å². The maximum atomic E-state index is 11.4. The number of piperidine rings is 1. The van der Waals surface area contributed by atoms with Crippen molar-refractivity contribution < 1.29 is 4.79 Å². The zero-order chi connectivity index (χ0) is 9.84. The largest absolute Gasteiger partial charge is 0.336 e. The van der Waals surface area contributed by atoms with Crippen molar-refractivity contribution in [2.45, 2.75) is 45.7 Å². The minimum absolute atomic E-state index is 0.198. The van der Waals surface area contributed by atoms with E-state index in [1.807, 2.05) is 4.90 Å². The molecule has 1 saturated heterocycles. The standard InChI is InChI=1S/C10H20N2O/c1-8(2)12(9(3)13)10-5-4-6-11-7-10/h8,10-11H,4-7H2,1-3H3. The number of nitrogens with zero attached hydrogens (tertiary/aromatic N) is 1. The average molecular weight is 184 g/mol. The van der Waals surface area contributed by atoms with Crippen LogP contribution in [0.5, 0.6) is 0 Å². The van der Waals surface area contributed by atoms with Crippen LogP contribution < -0.4 is 5.32 Å². The number of carbonyl (C=O) groups excluding carboxylic acids is 1. The van der Waals surface area contributed by atoms with Crippen LogP contribution in [-0.2, 0) is 4.79 Å². The summed E-state index contributed by atoms with van der Waals surface area (Å²) >= 11 is 0. The van der Waals surface area contributed by atoms with E-state index in [0.29, 0.717) is 12.1 Å². The third-order valence-electron chi connectivity index (χ3n) is 2.58. The van der Waals surface area contributed by atoms with E-state index in [1.54, 1.807) is 6.92 Å². The number of nitrogens with one attached hydrogen (secondary N) is 1. The first-order valence-electron chi connectivity index (χ1n) is 5.12. The Balaban J connectivity index is 2.57. The summed E-state index contributed by atoms with van der Waals surface area (Å²) in [5, 5.41) is 3.33. The Labute approximate surface area is 80.5 Å². The highest BCUT2D eigenvalue weighted by atomic mass is 16.2. The molecule has 76 valence electrons. The van der Waals surface area contributed by atoms with E-state index in [1.165, 1.54) is 6.42 Å². The van der Waals surface area contributed by atoms with Crippen molar-refractivity contribution in [3.05, 3.63) is 0 Å². The SMILES string of the molecule is CC(=O)N(C(C)C)C1CCCNC1. The third-order valence-corrected chi connectivity index (χ3v) is 2.58. The number of hydrogen-bond donors (Lipinski definition) is 1. The zero-order valence-electron chi connectivity index (χ0n) is 8.84. The van der Waals surface area contributed by atoms with Crippen LogP contribution in [0.3, 0.4) is 0 Å². The molecule has 1 amide bonds. The molecule has 1 fully saturated rings. The Morgan fingerprint density at radius 2 is 2.23 bits per heavy atom. The van der Waals surface area contributed by atoms with Gasteiger partial charge in [0.1, 0.15) is 0 Å². The minimum atomic E-state index is 0.198. The van der Waals surface area contributed by atoms with Crippen molar-refractivity contribution >= 4 is 5.91 Å². The Bertz CT molecular complexity index is 174. The van der Waals surface area contributed by atoms with Gasteiger partial charge in [-0.25, -0.2) is 0 Å². The first-order valence-corrected chi connectivity index (χ1v) is 5.12. The highest BCUT2D eigenvalue weighted by molar-refractivity contribution is 5.74. The molecule has 1 N–H and O–H groups in total. The van der Waals surface area contributed by atoms with Gasteiger partial charge < -0.3 is 10.2 Å². The number of rotatable bonds is 2. The van der Waals surface area contributed by atoms with Crippen LogP contribution in [0.15, 0.2) is 0 Å². The van der Waals surface area contributed by atoms with E-state index >= 15 is 0 Å². The monoisotopic (exact) mass is 184 g/mol. The fourth-order valence-corrected chi connectivity index (χ4v) is 2.11. The molecule has 0 aromatic carbocycles. The summed E-state index contributed by atoms with van der Waals surface area (Å²) in [7, 11) is 0. The first kappa shape index (κ1) is 10.5. The summed E-state index contributed by atoms with van der Waals surface area (Å²) in [4.78, 5) is 13.4. The summed E-state index contributed by atoms with van der Waals surface area (Å²) in [5.74, 6) is 0.198. The van der Waals surface area contributed by atoms with Gasteiger partial charge in [-0.05, 0) is 33.2 Å². The van der Waals surface area contributed by atoms with Gasteiger partial charge >= 0.3 is 0 Å². The Kier molecular flexibility index (Phi) is 3.72. The maximum absolute atomic E-state index is 11.4.